The van der Waals surface area contributed by atoms with Crippen LogP contribution in [0.2, 0.25) is 0 Å². The van der Waals surface area contributed by atoms with Crippen LogP contribution in [0.25, 0.3) is 11.1 Å². The maximum Gasteiger partial charge on any atom is 0.272 e. The molecule has 0 amide bonds. The van der Waals surface area contributed by atoms with Crippen molar-refractivity contribution >= 4 is 0 Å². The van der Waals surface area contributed by atoms with Crippen molar-refractivity contribution in [2.75, 3.05) is 6.54 Å². The number of rotatable bonds is 7. The minimum Gasteiger partial charge on any atom is -0.330 e. The van der Waals surface area contributed by atoms with Gasteiger partial charge in [0, 0.05) is 11.8 Å². The highest BCUT2D eigenvalue weighted by molar-refractivity contribution is 5.61. The van der Waals surface area contributed by atoms with Crippen molar-refractivity contribution in [3.63, 3.8) is 0 Å². The highest BCUT2D eigenvalue weighted by Gasteiger charge is 2.02. The Kier molecular flexibility index (Phi) is 5.50. The summed E-state index contributed by atoms with van der Waals surface area (Å²) in [5, 5.41) is 6.16. The zero-order valence-corrected chi connectivity index (χ0v) is 11.6. The van der Waals surface area contributed by atoms with Crippen LogP contribution in [0.4, 0.5) is 0 Å². The molecule has 1 heterocycles. The zero-order valence-electron chi connectivity index (χ0n) is 11.6. The fourth-order valence-electron chi connectivity index (χ4n) is 2.25. The van der Waals surface area contributed by atoms with Gasteiger partial charge < -0.3 is 5.73 Å². The first-order chi connectivity index (χ1) is 9.81. The van der Waals surface area contributed by atoms with Gasteiger partial charge >= 0.3 is 0 Å². The molecule has 0 saturated carbocycles. The summed E-state index contributed by atoms with van der Waals surface area (Å²) in [7, 11) is 0. The second-order valence-corrected chi connectivity index (χ2v) is 4.95. The second kappa shape index (κ2) is 7.60. The van der Waals surface area contributed by atoms with Gasteiger partial charge in [0.05, 0.1) is 0 Å². The van der Waals surface area contributed by atoms with Crippen LogP contribution in [0.15, 0.2) is 41.3 Å². The molecule has 0 aliphatic rings. The van der Waals surface area contributed by atoms with Crippen molar-refractivity contribution in [2.45, 2.75) is 32.1 Å². The second-order valence-electron chi connectivity index (χ2n) is 4.95. The molecule has 0 spiro atoms. The van der Waals surface area contributed by atoms with Crippen LogP contribution in [0.3, 0.4) is 0 Å². The molecule has 0 aliphatic carbocycles. The average Bonchev–Trinajstić information content (AvgIpc) is 2.48. The number of benzene rings is 1. The summed E-state index contributed by atoms with van der Waals surface area (Å²) in [6.45, 7) is 0.787. The van der Waals surface area contributed by atoms with Crippen molar-refractivity contribution < 1.29 is 0 Å². The minimum absolute atomic E-state index is 0.151. The topological polar surface area (TPSA) is 71.8 Å². The van der Waals surface area contributed by atoms with E-state index in [-0.39, 0.29) is 5.56 Å². The maximum absolute atomic E-state index is 11.6. The zero-order chi connectivity index (χ0) is 14.2. The van der Waals surface area contributed by atoms with Gasteiger partial charge in [-0.15, -0.1) is 0 Å². The molecule has 20 heavy (non-hydrogen) atoms. The van der Waals surface area contributed by atoms with Crippen molar-refractivity contribution in [1.82, 2.24) is 10.2 Å². The largest absolute Gasteiger partial charge is 0.330 e. The Morgan fingerprint density at radius 2 is 1.75 bits per heavy atom. The molecule has 0 atom stereocenters. The van der Waals surface area contributed by atoms with E-state index in [2.05, 4.69) is 22.3 Å². The van der Waals surface area contributed by atoms with Gasteiger partial charge in [-0.1, -0.05) is 37.1 Å². The Morgan fingerprint density at radius 1 is 1.00 bits per heavy atom. The predicted octanol–water partition coefficient (Wildman–Crippen LogP) is 2.50. The number of hydrogen-bond acceptors (Lipinski definition) is 3. The first-order valence-electron chi connectivity index (χ1n) is 7.14. The summed E-state index contributed by atoms with van der Waals surface area (Å²) >= 11 is 0. The third-order valence-corrected chi connectivity index (χ3v) is 3.41. The lowest BCUT2D eigenvalue weighted by Crippen LogP contribution is -2.09. The van der Waals surface area contributed by atoms with Gasteiger partial charge in [-0.3, -0.25) is 4.79 Å². The quantitative estimate of drug-likeness (QED) is 0.760. The fourth-order valence-corrected chi connectivity index (χ4v) is 2.25. The summed E-state index contributed by atoms with van der Waals surface area (Å²) in [6.07, 6.45) is 7.42. The normalized spacial score (nSPS) is 10.7. The number of aromatic amines is 1. The molecular formula is C16H21N3O. The van der Waals surface area contributed by atoms with E-state index >= 15 is 0 Å². The molecule has 0 unspecified atom stereocenters. The SMILES string of the molecule is NCCCCCCc1ccc(-c2ccn[nH]c2=O)cc1. The van der Waals surface area contributed by atoms with Gasteiger partial charge in [0.1, 0.15) is 0 Å². The van der Waals surface area contributed by atoms with E-state index in [4.69, 9.17) is 5.73 Å². The Bertz CT molecular complexity index is 575. The number of hydrogen-bond donors (Lipinski definition) is 2. The summed E-state index contributed by atoms with van der Waals surface area (Å²) < 4.78 is 0. The van der Waals surface area contributed by atoms with Crippen molar-refractivity contribution in [3.05, 3.63) is 52.4 Å². The van der Waals surface area contributed by atoms with Crippen molar-refractivity contribution in [3.8, 4) is 11.1 Å². The van der Waals surface area contributed by atoms with E-state index in [1.54, 1.807) is 12.3 Å². The van der Waals surface area contributed by atoms with E-state index in [9.17, 15) is 4.79 Å². The lowest BCUT2D eigenvalue weighted by molar-refractivity contribution is 0.647. The summed E-state index contributed by atoms with van der Waals surface area (Å²) in [5.74, 6) is 0. The van der Waals surface area contributed by atoms with E-state index in [0.29, 0.717) is 5.56 Å². The molecule has 2 rings (SSSR count). The lowest BCUT2D eigenvalue weighted by Gasteiger charge is -2.04. The van der Waals surface area contributed by atoms with Gasteiger partial charge in [0.25, 0.3) is 5.56 Å². The van der Waals surface area contributed by atoms with Crippen LogP contribution in [-0.2, 0) is 6.42 Å². The monoisotopic (exact) mass is 271 g/mol. The molecule has 1 aromatic heterocycles. The average molecular weight is 271 g/mol. The Labute approximate surface area is 119 Å². The Morgan fingerprint density at radius 3 is 2.45 bits per heavy atom. The number of H-pyrrole nitrogens is 1. The molecule has 0 fully saturated rings. The minimum atomic E-state index is -0.151. The molecule has 1 aromatic carbocycles. The summed E-state index contributed by atoms with van der Waals surface area (Å²) in [6, 6.07) is 9.93. The van der Waals surface area contributed by atoms with Crippen LogP contribution in [0, 0.1) is 0 Å². The number of nitrogens with zero attached hydrogens (tertiary/aromatic N) is 1. The Hall–Kier alpha value is -1.94. The number of aryl methyl sites for hydroxylation is 1. The molecule has 0 saturated heterocycles. The van der Waals surface area contributed by atoms with Crippen molar-refractivity contribution in [1.29, 1.82) is 0 Å². The fraction of sp³-hybridized carbons (Fsp3) is 0.375. The van der Waals surface area contributed by atoms with E-state index < -0.39 is 0 Å². The lowest BCUT2D eigenvalue weighted by atomic mass is 10.0. The number of nitrogens with one attached hydrogen (secondary N) is 1. The van der Waals surface area contributed by atoms with Crippen LogP contribution in [0.5, 0.6) is 0 Å². The highest BCUT2D eigenvalue weighted by Crippen LogP contribution is 2.16. The molecule has 0 radical (unpaired) electrons. The molecule has 106 valence electrons. The molecule has 4 heteroatoms. The maximum atomic E-state index is 11.6. The Balaban J connectivity index is 1.93. The van der Waals surface area contributed by atoms with Crippen LogP contribution in [0.1, 0.15) is 31.2 Å². The third kappa shape index (κ3) is 4.03. The van der Waals surface area contributed by atoms with E-state index in [0.717, 1.165) is 24.9 Å². The molecule has 0 aliphatic heterocycles. The molecule has 3 N–H and O–H groups in total. The molecule has 4 nitrogen and oxygen atoms in total. The molecule has 0 bridgehead atoms. The third-order valence-electron chi connectivity index (χ3n) is 3.41. The smallest absolute Gasteiger partial charge is 0.272 e. The van der Waals surface area contributed by atoms with E-state index in [1.165, 1.54) is 24.8 Å². The van der Waals surface area contributed by atoms with Crippen LogP contribution < -0.4 is 11.3 Å². The molecule has 2 aromatic rings. The van der Waals surface area contributed by atoms with Gasteiger partial charge in [0.15, 0.2) is 0 Å². The standard InChI is InChI=1S/C16H21N3O/c17-11-4-2-1-3-5-13-6-8-14(9-7-13)15-10-12-18-19-16(15)20/h6-10,12H,1-5,11,17H2,(H,19,20). The van der Waals surface area contributed by atoms with E-state index in [1.807, 2.05) is 12.1 Å². The number of aromatic nitrogens is 2. The van der Waals surface area contributed by atoms with Gasteiger partial charge in [-0.05, 0) is 43.0 Å². The van der Waals surface area contributed by atoms with Crippen LogP contribution in [-0.4, -0.2) is 16.7 Å². The molecular weight excluding hydrogens is 250 g/mol. The van der Waals surface area contributed by atoms with Gasteiger partial charge in [-0.25, -0.2) is 5.10 Å². The summed E-state index contributed by atoms with van der Waals surface area (Å²) in [5.41, 5.74) is 8.23. The first kappa shape index (κ1) is 14.5. The number of nitrogens with two attached hydrogens (primary N) is 1. The number of unbranched alkanes of at least 4 members (excludes halogenated alkanes) is 3. The first-order valence-corrected chi connectivity index (χ1v) is 7.14. The van der Waals surface area contributed by atoms with Gasteiger partial charge in [0.2, 0.25) is 0 Å². The van der Waals surface area contributed by atoms with Crippen LogP contribution >= 0.6 is 0 Å². The van der Waals surface area contributed by atoms with Crippen molar-refractivity contribution in [2.24, 2.45) is 5.73 Å². The summed E-state index contributed by atoms with van der Waals surface area (Å²) in [4.78, 5) is 11.6. The van der Waals surface area contributed by atoms with Gasteiger partial charge in [-0.2, -0.15) is 5.10 Å². The highest BCUT2D eigenvalue weighted by atomic mass is 16.1. The predicted molar refractivity (Wildman–Crippen MR) is 81.5 cm³/mol.